The average molecular weight is 209 g/mol. The van der Waals surface area contributed by atoms with E-state index < -0.39 is 0 Å². The van der Waals surface area contributed by atoms with Gasteiger partial charge in [0.05, 0.1) is 13.2 Å². The maximum atomic E-state index is 5.43. The molecule has 1 saturated heterocycles. The van der Waals surface area contributed by atoms with Gasteiger partial charge < -0.3 is 10.1 Å². The number of likely N-dealkylation sites (N-methyl/N-ethyl adjacent to an activating group) is 2. The Hall–Kier alpha value is 0.170. The second-order valence-corrected chi connectivity index (χ2v) is 3.17. The van der Waals surface area contributed by atoms with Crippen LogP contribution in [-0.2, 0) is 4.74 Å². The van der Waals surface area contributed by atoms with Crippen LogP contribution in [0.2, 0.25) is 0 Å². The number of hydrogen-bond acceptors (Lipinski definition) is 3. The monoisotopic (exact) mass is 208 g/mol. The highest BCUT2D eigenvalue weighted by atomic mass is 35.5. The fourth-order valence-electron chi connectivity index (χ4n) is 1.60. The van der Waals surface area contributed by atoms with E-state index in [1.807, 2.05) is 0 Å². The van der Waals surface area contributed by atoms with Crippen molar-refractivity contribution in [3.05, 3.63) is 0 Å². The van der Waals surface area contributed by atoms with Crippen molar-refractivity contribution in [3.8, 4) is 0 Å². The molecular weight excluding hydrogens is 188 g/mol. The van der Waals surface area contributed by atoms with Crippen molar-refractivity contribution in [3.63, 3.8) is 0 Å². The minimum atomic E-state index is 0. The zero-order valence-electron chi connectivity index (χ0n) is 8.58. The SMILES string of the molecule is CCNCC1COCCN1CC.Cl. The first kappa shape index (κ1) is 13.2. The smallest absolute Gasteiger partial charge is 0.0634 e. The maximum absolute atomic E-state index is 5.43. The van der Waals surface area contributed by atoms with Crippen LogP contribution in [-0.4, -0.2) is 50.3 Å². The zero-order valence-corrected chi connectivity index (χ0v) is 9.40. The van der Waals surface area contributed by atoms with Crippen LogP contribution in [0.15, 0.2) is 0 Å². The molecule has 3 nitrogen and oxygen atoms in total. The molecular formula is C9H21ClN2O. The highest BCUT2D eigenvalue weighted by molar-refractivity contribution is 5.85. The summed E-state index contributed by atoms with van der Waals surface area (Å²) in [7, 11) is 0. The summed E-state index contributed by atoms with van der Waals surface area (Å²) in [5, 5.41) is 3.36. The molecule has 0 radical (unpaired) electrons. The molecule has 1 N–H and O–H groups in total. The largest absolute Gasteiger partial charge is 0.378 e. The lowest BCUT2D eigenvalue weighted by molar-refractivity contribution is -0.00394. The minimum Gasteiger partial charge on any atom is -0.378 e. The summed E-state index contributed by atoms with van der Waals surface area (Å²) < 4.78 is 5.43. The first-order valence-corrected chi connectivity index (χ1v) is 4.91. The fourth-order valence-corrected chi connectivity index (χ4v) is 1.60. The summed E-state index contributed by atoms with van der Waals surface area (Å²) in [6.07, 6.45) is 0. The van der Waals surface area contributed by atoms with Crippen LogP contribution in [0.3, 0.4) is 0 Å². The van der Waals surface area contributed by atoms with Crippen molar-refractivity contribution in [1.82, 2.24) is 10.2 Å². The number of nitrogens with zero attached hydrogens (tertiary/aromatic N) is 1. The quantitative estimate of drug-likeness (QED) is 0.738. The molecule has 4 heteroatoms. The van der Waals surface area contributed by atoms with Gasteiger partial charge in [-0.25, -0.2) is 0 Å². The highest BCUT2D eigenvalue weighted by Gasteiger charge is 2.20. The van der Waals surface area contributed by atoms with E-state index in [2.05, 4.69) is 24.1 Å². The van der Waals surface area contributed by atoms with E-state index in [0.717, 1.165) is 39.4 Å². The Morgan fingerprint density at radius 2 is 2.23 bits per heavy atom. The van der Waals surface area contributed by atoms with Gasteiger partial charge in [0.15, 0.2) is 0 Å². The third kappa shape index (κ3) is 4.27. The van der Waals surface area contributed by atoms with Crippen LogP contribution in [0.1, 0.15) is 13.8 Å². The molecule has 1 aliphatic heterocycles. The Morgan fingerprint density at radius 1 is 1.46 bits per heavy atom. The summed E-state index contributed by atoms with van der Waals surface area (Å²) in [6.45, 7) is 10.5. The summed E-state index contributed by atoms with van der Waals surface area (Å²) in [4.78, 5) is 2.48. The molecule has 1 fully saturated rings. The van der Waals surface area contributed by atoms with E-state index in [0.29, 0.717) is 6.04 Å². The molecule has 13 heavy (non-hydrogen) atoms. The first-order valence-electron chi connectivity index (χ1n) is 4.91. The van der Waals surface area contributed by atoms with Crippen LogP contribution in [0, 0.1) is 0 Å². The molecule has 0 aromatic heterocycles. The predicted octanol–water partition coefficient (Wildman–Crippen LogP) is 0.738. The van der Waals surface area contributed by atoms with E-state index in [1.165, 1.54) is 0 Å². The summed E-state index contributed by atoms with van der Waals surface area (Å²) in [5.41, 5.74) is 0. The Kier molecular flexibility index (Phi) is 7.66. The van der Waals surface area contributed by atoms with E-state index in [1.54, 1.807) is 0 Å². The van der Waals surface area contributed by atoms with E-state index in [4.69, 9.17) is 4.74 Å². The van der Waals surface area contributed by atoms with Gasteiger partial charge in [-0.1, -0.05) is 13.8 Å². The van der Waals surface area contributed by atoms with Gasteiger partial charge in [-0.3, -0.25) is 4.90 Å². The average Bonchev–Trinajstić information content (AvgIpc) is 2.15. The fraction of sp³-hybridized carbons (Fsp3) is 1.00. The highest BCUT2D eigenvalue weighted by Crippen LogP contribution is 2.04. The molecule has 1 unspecified atom stereocenters. The molecule has 0 bridgehead atoms. The first-order chi connectivity index (χ1) is 5.88. The second-order valence-electron chi connectivity index (χ2n) is 3.17. The molecule has 80 valence electrons. The Balaban J connectivity index is 0.00000144. The minimum absolute atomic E-state index is 0. The standard InChI is InChI=1S/C9H20N2O.ClH/c1-3-10-7-9-8-12-6-5-11(9)4-2;/h9-10H,3-8H2,1-2H3;1H. The van der Waals surface area contributed by atoms with Crippen molar-refractivity contribution in [2.75, 3.05) is 39.4 Å². The molecule has 1 aliphatic rings. The van der Waals surface area contributed by atoms with Gasteiger partial charge in [-0.2, -0.15) is 0 Å². The molecule has 1 atom stereocenters. The lowest BCUT2D eigenvalue weighted by Gasteiger charge is -2.34. The molecule has 0 aromatic carbocycles. The van der Waals surface area contributed by atoms with Crippen molar-refractivity contribution in [2.24, 2.45) is 0 Å². The van der Waals surface area contributed by atoms with Crippen molar-refractivity contribution in [1.29, 1.82) is 0 Å². The lowest BCUT2D eigenvalue weighted by Crippen LogP contribution is -2.50. The molecule has 0 amide bonds. The number of rotatable bonds is 4. The number of hydrogen-bond donors (Lipinski definition) is 1. The number of nitrogens with one attached hydrogen (secondary N) is 1. The molecule has 0 spiro atoms. The topological polar surface area (TPSA) is 24.5 Å². The van der Waals surface area contributed by atoms with Crippen LogP contribution < -0.4 is 5.32 Å². The van der Waals surface area contributed by atoms with Gasteiger partial charge in [0.2, 0.25) is 0 Å². The molecule has 0 saturated carbocycles. The van der Waals surface area contributed by atoms with Crippen molar-refractivity contribution < 1.29 is 4.74 Å². The molecule has 1 rings (SSSR count). The van der Waals surface area contributed by atoms with Gasteiger partial charge in [0, 0.05) is 19.1 Å². The Bertz CT molecular complexity index is 124. The summed E-state index contributed by atoms with van der Waals surface area (Å²) in [6, 6.07) is 0.587. The maximum Gasteiger partial charge on any atom is 0.0634 e. The zero-order chi connectivity index (χ0) is 8.81. The molecule has 1 heterocycles. The van der Waals surface area contributed by atoms with E-state index in [9.17, 15) is 0 Å². The van der Waals surface area contributed by atoms with Crippen LogP contribution >= 0.6 is 12.4 Å². The molecule has 0 aromatic rings. The van der Waals surface area contributed by atoms with E-state index in [-0.39, 0.29) is 12.4 Å². The van der Waals surface area contributed by atoms with Gasteiger partial charge in [-0.05, 0) is 13.1 Å². The number of morpholine rings is 1. The van der Waals surface area contributed by atoms with Crippen molar-refractivity contribution >= 4 is 12.4 Å². The Morgan fingerprint density at radius 3 is 2.85 bits per heavy atom. The predicted molar refractivity (Wildman–Crippen MR) is 57.6 cm³/mol. The van der Waals surface area contributed by atoms with Gasteiger partial charge >= 0.3 is 0 Å². The summed E-state index contributed by atoms with van der Waals surface area (Å²) in [5.74, 6) is 0. The third-order valence-corrected chi connectivity index (χ3v) is 2.39. The van der Waals surface area contributed by atoms with Crippen LogP contribution in [0.5, 0.6) is 0 Å². The number of halogens is 1. The number of ether oxygens (including phenoxy) is 1. The van der Waals surface area contributed by atoms with Gasteiger partial charge in [0.1, 0.15) is 0 Å². The van der Waals surface area contributed by atoms with Gasteiger partial charge in [-0.15, -0.1) is 12.4 Å². The lowest BCUT2D eigenvalue weighted by atomic mass is 10.2. The Labute approximate surface area is 87.2 Å². The van der Waals surface area contributed by atoms with Crippen LogP contribution in [0.25, 0.3) is 0 Å². The summed E-state index contributed by atoms with van der Waals surface area (Å²) >= 11 is 0. The van der Waals surface area contributed by atoms with Crippen LogP contribution in [0.4, 0.5) is 0 Å². The second kappa shape index (κ2) is 7.56. The van der Waals surface area contributed by atoms with E-state index >= 15 is 0 Å². The van der Waals surface area contributed by atoms with Crippen molar-refractivity contribution in [2.45, 2.75) is 19.9 Å². The van der Waals surface area contributed by atoms with Gasteiger partial charge in [0.25, 0.3) is 0 Å². The normalized spacial score (nSPS) is 24.0. The third-order valence-electron chi connectivity index (χ3n) is 2.39. The molecule has 0 aliphatic carbocycles.